The van der Waals surface area contributed by atoms with Crippen LogP contribution in [0.1, 0.15) is 18.4 Å². The average Bonchev–Trinajstić information content (AvgIpc) is 3.12. The van der Waals surface area contributed by atoms with Crippen molar-refractivity contribution < 1.29 is 28.9 Å². The monoisotopic (exact) mass is 293 g/mol. The van der Waals surface area contributed by atoms with Crippen molar-refractivity contribution in [2.24, 2.45) is 0 Å². The fraction of sp³-hybridized carbons (Fsp3) is 0.429. The van der Waals surface area contributed by atoms with Crippen molar-refractivity contribution in [1.82, 2.24) is 5.32 Å². The first kappa shape index (κ1) is 13.7. The highest BCUT2D eigenvalue weighted by atomic mass is 16.7. The van der Waals surface area contributed by atoms with Crippen molar-refractivity contribution in [3.63, 3.8) is 0 Å². The number of carboxylic acid groups (broad SMARTS) is 1. The molecule has 1 saturated heterocycles. The van der Waals surface area contributed by atoms with Gasteiger partial charge in [0.25, 0.3) is 0 Å². The summed E-state index contributed by atoms with van der Waals surface area (Å²) >= 11 is 0. The number of carbonyl (C=O) groups excluding carboxylic acids is 1. The summed E-state index contributed by atoms with van der Waals surface area (Å²) in [6.07, 6.45) is -0.798. The van der Waals surface area contributed by atoms with Crippen LogP contribution < -0.4 is 14.8 Å². The molecule has 0 spiro atoms. The maximum Gasteiger partial charge on any atom is 0.332 e. The van der Waals surface area contributed by atoms with Crippen LogP contribution in [0.3, 0.4) is 0 Å². The van der Waals surface area contributed by atoms with E-state index in [2.05, 4.69) is 5.32 Å². The van der Waals surface area contributed by atoms with Crippen LogP contribution in [-0.2, 0) is 20.9 Å². The molecule has 0 aliphatic carbocycles. The summed E-state index contributed by atoms with van der Waals surface area (Å²) in [5.41, 5.74) is 0.875. The molecule has 2 N–H and O–H groups in total. The van der Waals surface area contributed by atoms with Gasteiger partial charge in [-0.2, -0.15) is 0 Å². The smallest absolute Gasteiger partial charge is 0.332 e. The van der Waals surface area contributed by atoms with E-state index in [0.717, 1.165) is 5.56 Å². The maximum atomic E-state index is 11.9. The van der Waals surface area contributed by atoms with Crippen LogP contribution in [0.4, 0.5) is 0 Å². The molecule has 2 aliphatic heterocycles. The summed E-state index contributed by atoms with van der Waals surface area (Å²) in [6, 6.07) is 5.43. The number of aliphatic carboxylic acids is 1. The molecule has 7 heteroatoms. The van der Waals surface area contributed by atoms with Crippen molar-refractivity contribution >= 4 is 11.9 Å². The molecular formula is C14H15NO6. The highest BCUT2D eigenvalue weighted by Gasteiger charge is 2.34. The number of nitrogens with one attached hydrogen (secondary N) is 1. The molecule has 1 amide bonds. The molecule has 21 heavy (non-hydrogen) atoms. The van der Waals surface area contributed by atoms with Gasteiger partial charge in [0, 0.05) is 6.54 Å². The van der Waals surface area contributed by atoms with Crippen LogP contribution >= 0.6 is 0 Å². The fourth-order valence-electron chi connectivity index (χ4n) is 2.37. The van der Waals surface area contributed by atoms with Gasteiger partial charge in [0.1, 0.15) is 6.10 Å². The summed E-state index contributed by atoms with van der Waals surface area (Å²) in [5, 5.41) is 11.6. The second kappa shape index (κ2) is 5.61. The summed E-state index contributed by atoms with van der Waals surface area (Å²) < 4.78 is 15.7. The molecule has 2 heterocycles. The molecule has 1 aromatic rings. The lowest BCUT2D eigenvalue weighted by Gasteiger charge is -2.12. The van der Waals surface area contributed by atoms with Gasteiger partial charge in [-0.1, -0.05) is 6.07 Å². The van der Waals surface area contributed by atoms with Gasteiger partial charge in [-0.15, -0.1) is 0 Å². The van der Waals surface area contributed by atoms with Gasteiger partial charge in [-0.3, -0.25) is 4.79 Å². The number of hydrogen-bond donors (Lipinski definition) is 2. The van der Waals surface area contributed by atoms with Crippen LogP contribution in [0.15, 0.2) is 18.2 Å². The van der Waals surface area contributed by atoms with Crippen molar-refractivity contribution in [2.75, 3.05) is 6.79 Å². The third kappa shape index (κ3) is 2.92. The quantitative estimate of drug-likeness (QED) is 0.847. The van der Waals surface area contributed by atoms with Gasteiger partial charge in [0.2, 0.25) is 12.7 Å². The molecular weight excluding hydrogens is 278 g/mol. The molecule has 112 valence electrons. The minimum absolute atomic E-state index is 0.206. The van der Waals surface area contributed by atoms with E-state index in [-0.39, 0.29) is 12.7 Å². The molecule has 0 radical (unpaired) electrons. The Morgan fingerprint density at radius 2 is 1.95 bits per heavy atom. The minimum Gasteiger partial charge on any atom is -0.479 e. The zero-order valence-corrected chi connectivity index (χ0v) is 11.2. The Labute approximate surface area is 120 Å². The molecule has 1 fully saturated rings. The highest BCUT2D eigenvalue weighted by molar-refractivity contribution is 5.82. The lowest BCUT2D eigenvalue weighted by atomic mass is 10.1. The standard InChI is InChI=1S/C14H15NO6/c16-13(10-3-4-11(21-10)14(17)18)15-6-8-1-2-9-12(5-8)20-7-19-9/h1-2,5,10-11H,3-4,6-7H2,(H,15,16)(H,17,18)/t10-,11+/m0/s1. The first-order chi connectivity index (χ1) is 10.1. The van der Waals surface area contributed by atoms with Crippen LogP contribution in [0, 0.1) is 0 Å². The van der Waals surface area contributed by atoms with Crippen molar-refractivity contribution in [2.45, 2.75) is 31.6 Å². The minimum atomic E-state index is -1.03. The number of hydrogen-bond acceptors (Lipinski definition) is 5. The molecule has 0 bridgehead atoms. The number of amides is 1. The number of rotatable bonds is 4. The van der Waals surface area contributed by atoms with E-state index >= 15 is 0 Å². The summed E-state index contributed by atoms with van der Waals surface area (Å²) in [5.74, 6) is 0.0239. The topological polar surface area (TPSA) is 94.1 Å². The molecule has 2 aliphatic rings. The first-order valence-corrected chi connectivity index (χ1v) is 6.68. The molecule has 3 rings (SSSR count). The summed E-state index contributed by atoms with van der Waals surface area (Å²) in [6.45, 7) is 0.532. The van der Waals surface area contributed by atoms with Crippen molar-refractivity contribution in [3.8, 4) is 11.5 Å². The fourth-order valence-corrected chi connectivity index (χ4v) is 2.37. The number of benzene rings is 1. The molecule has 7 nitrogen and oxygen atoms in total. The van der Waals surface area contributed by atoms with Gasteiger partial charge >= 0.3 is 5.97 Å². The Morgan fingerprint density at radius 1 is 1.19 bits per heavy atom. The van der Waals surface area contributed by atoms with Gasteiger partial charge in [-0.05, 0) is 30.5 Å². The normalized spacial score (nSPS) is 23.0. The van der Waals surface area contributed by atoms with Gasteiger partial charge in [0.15, 0.2) is 17.6 Å². The molecule has 2 atom stereocenters. The van der Waals surface area contributed by atoms with E-state index in [1.54, 1.807) is 12.1 Å². The largest absolute Gasteiger partial charge is 0.479 e. The Hall–Kier alpha value is -2.28. The van der Waals surface area contributed by atoms with Crippen LogP contribution in [0.25, 0.3) is 0 Å². The van der Waals surface area contributed by atoms with Gasteiger partial charge in [0.05, 0.1) is 0 Å². The van der Waals surface area contributed by atoms with E-state index in [0.29, 0.717) is 30.9 Å². The van der Waals surface area contributed by atoms with E-state index in [4.69, 9.17) is 19.3 Å². The lowest BCUT2D eigenvalue weighted by Crippen LogP contribution is -2.35. The molecule has 0 saturated carbocycles. The van der Waals surface area contributed by atoms with Gasteiger partial charge < -0.3 is 24.6 Å². The Morgan fingerprint density at radius 3 is 2.71 bits per heavy atom. The third-order valence-corrected chi connectivity index (χ3v) is 3.49. The molecule has 1 aromatic carbocycles. The first-order valence-electron chi connectivity index (χ1n) is 6.68. The molecule has 0 unspecified atom stereocenters. The number of carboxylic acids is 1. The van der Waals surface area contributed by atoms with Crippen LogP contribution in [0.2, 0.25) is 0 Å². The van der Waals surface area contributed by atoms with Crippen molar-refractivity contribution in [3.05, 3.63) is 23.8 Å². The third-order valence-electron chi connectivity index (χ3n) is 3.49. The average molecular weight is 293 g/mol. The Kier molecular flexibility index (Phi) is 3.66. The van der Waals surface area contributed by atoms with Crippen LogP contribution in [-0.4, -0.2) is 36.0 Å². The van der Waals surface area contributed by atoms with E-state index in [1.807, 2.05) is 6.07 Å². The van der Waals surface area contributed by atoms with Crippen LogP contribution in [0.5, 0.6) is 11.5 Å². The summed E-state index contributed by atoms with van der Waals surface area (Å²) in [4.78, 5) is 22.7. The molecule has 0 aromatic heterocycles. The van der Waals surface area contributed by atoms with E-state index in [9.17, 15) is 9.59 Å². The predicted molar refractivity (Wildman–Crippen MR) is 69.9 cm³/mol. The second-order valence-electron chi connectivity index (χ2n) is 4.93. The maximum absolute atomic E-state index is 11.9. The SMILES string of the molecule is O=C(NCc1ccc2c(c1)OCO2)[C@@H]1CC[C@H](C(=O)O)O1. The van der Waals surface area contributed by atoms with Crippen molar-refractivity contribution in [1.29, 1.82) is 0 Å². The Balaban J connectivity index is 1.53. The zero-order chi connectivity index (χ0) is 14.8. The second-order valence-corrected chi connectivity index (χ2v) is 4.93. The van der Waals surface area contributed by atoms with E-state index in [1.165, 1.54) is 0 Å². The van der Waals surface area contributed by atoms with E-state index < -0.39 is 18.2 Å². The zero-order valence-electron chi connectivity index (χ0n) is 11.2. The number of ether oxygens (including phenoxy) is 3. The summed E-state index contributed by atoms with van der Waals surface area (Å²) in [7, 11) is 0. The number of fused-ring (bicyclic) bond motifs is 1. The predicted octanol–water partition coefficient (Wildman–Crippen LogP) is 0.664. The van der Waals surface area contributed by atoms with Gasteiger partial charge in [-0.25, -0.2) is 4.79 Å². The number of carbonyl (C=O) groups is 2. The highest BCUT2D eigenvalue weighted by Crippen LogP contribution is 2.32. The Bertz CT molecular complexity index is 573. The lowest BCUT2D eigenvalue weighted by molar-refractivity contribution is -0.151.